The Morgan fingerprint density at radius 1 is 1.20 bits per heavy atom. The second kappa shape index (κ2) is 9.20. The fraction of sp³-hybridized carbons (Fsp3) is 0.533. The second-order valence-corrected chi connectivity index (χ2v) is 4.29. The van der Waals surface area contributed by atoms with Crippen molar-refractivity contribution in [1.29, 1.82) is 0 Å². The number of esters is 1. The van der Waals surface area contributed by atoms with Gasteiger partial charge in [-0.1, -0.05) is 13.3 Å². The molecule has 0 fully saturated rings. The van der Waals surface area contributed by atoms with Crippen molar-refractivity contribution >= 4 is 11.7 Å². The Hall–Kier alpha value is -1.75. The van der Waals surface area contributed by atoms with Gasteiger partial charge in [-0.25, -0.2) is 4.79 Å². The summed E-state index contributed by atoms with van der Waals surface area (Å²) in [4.78, 5) is 11.8. The number of hydrogen-bond donors (Lipinski definition) is 1. The van der Waals surface area contributed by atoms with E-state index in [0.29, 0.717) is 36.8 Å². The van der Waals surface area contributed by atoms with Crippen molar-refractivity contribution in [1.82, 2.24) is 0 Å². The van der Waals surface area contributed by atoms with Crippen LogP contribution in [0.5, 0.6) is 5.75 Å². The number of benzene rings is 1. The minimum absolute atomic E-state index is 0.322. The van der Waals surface area contributed by atoms with E-state index >= 15 is 0 Å². The van der Waals surface area contributed by atoms with E-state index in [1.807, 2.05) is 0 Å². The van der Waals surface area contributed by atoms with Crippen LogP contribution in [-0.4, -0.2) is 32.4 Å². The molecule has 2 N–H and O–H groups in total. The van der Waals surface area contributed by atoms with Crippen LogP contribution >= 0.6 is 0 Å². The normalized spacial score (nSPS) is 10.3. The van der Waals surface area contributed by atoms with Crippen LogP contribution in [-0.2, 0) is 9.47 Å². The van der Waals surface area contributed by atoms with E-state index < -0.39 is 5.97 Å². The maximum atomic E-state index is 11.8. The zero-order chi connectivity index (χ0) is 14.8. The van der Waals surface area contributed by atoms with Crippen LogP contribution in [0.3, 0.4) is 0 Å². The van der Waals surface area contributed by atoms with E-state index in [0.717, 1.165) is 19.4 Å². The Morgan fingerprint density at radius 3 is 2.70 bits per heavy atom. The zero-order valence-corrected chi connectivity index (χ0v) is 12.2. The number of nitrogen functional groups attached to an aromatic ring is 1. The van der Waals surface area contributed by atoms with Crippen LogP contribution < -0.4 is 10.5 Å². The highest BCUT2D eigenvalue weighted by molar-refractivity contribution is 5.93. The average Bonchev–Trinajstić information content (AvgIpc) is 2.43. The third kappa shape index (κ3) is 5.48. The molecule has 0 atom stereocenters. The van der Waals surface area contributed by atoms with Crippen LogP contribution in [0.2, 0.25) is 0 Å². The monoisotopic (exact) mass is 281 g/mol. The summed E-state index contributed by atoms with van der Waals surface area (Å²) >= 11 is 0. The van der Waals surface area contributed by atoms with Gasteiger partial charge >= 0.3 is 5.97 Å². The fourth-order valence-corrected chi connectivity index (χ4v) is 1.59. The first-order valence-corrected chi connectivity index (χ1v) is 6.96. The first-order chi connectivity index (χ1) is 9.69. The number of rotatable bonds is 9. The molecule has 0 saturated heterocycles. The number of unbranched alkanes of at least 4 members (excludes halogenated alkanes) is 1. The molecule has 112 valence electrons. The fourth-order valence-electron chi connectivity index (χ4n) is 1.59. The lowest BCUT2D eigenvalue weighted by molar-refractivity contribution is 0.0517. The molecule has 1 rings (SSSR count). The molecule has 5 nitrogen and oxygen atoms in total. The Balaban J connectivity index is 2.54. The molecule has 1 aromatic rings. The first-order valence-electron chi connectivity index (χ1n) is 6.96. The molecule has 20 heavy (non-hydrogen) atoms. The molecule has 0 aliphatic rings. The van der Waals surface area contributed by atoms with Crippen molar-refractivity contribution in [2.24, 2.45) is 0 Å². The Labute approximate surface area is 120 Å². The second-order valence-electron chi connectivity index (χ2n) is 4.29. The molecule has 5 heteroatoms. The van der Waals surface area contributed by atoms with Gasteiger partial charge in [0.15, 0.2) is 0 Å². The Bertz CT molecular complexity index is 420. The van der Waals surface area contributed by atoms with Crippen molar-refractivity contribution in [2.45, 2.75) is 26.7 Å². The maximum absolute atomic E-state index is 11.8. The molecule has 0 saturated carbocycles. The summed E-state index contributed by atoms with van der Waals surface area (Å²) in [5.41, 5.74) is 6.63. The van der Waals surface area contributed by atoms with E-state index in [2.05, 4.69) is 6.92 Å². The molecular weight excluding hydrogens is 258 g/mol. The number of nitrogens with two attached hydrogens (primary N) is 1. The number of ether oxygens (including phenoxy) is 3. The van der Waals surface area contributed by atoms with Gasteiger partial charge in [-0.05, 0) is 25.5 Å². The van der Waals surface area contributed by atoms with Gasteiger partial charge in [0.2, 0.25) is 0 Å². The molecule has 1 aromatic carbocycles. The maximum Gasteiger partial charge on any atom is 0.341 e. The van der Waals surface area contributed by atoms with Gasteiger partial charge < -0.3 is 19.9 Å². The standard InChI is InChI=1S/C15H23NO4/c1-3-5-8-18-9-10-20-14-11-12(16)6-7-13(14)15(17)19-4-2/h6-7,11H,3-5,8-10,16H2,1-2H3. The number of carbonyl (C=O) groups excluding carboxylic acids is 1. The summed E-state index contributed by atoms with van der Waals surface area (Å²) in [7, 11) is 0. The summed E-state index contributed by atoms with van der Waals surface area (Å²) in [6.07, 6.45) is 2.13. The number of hydrogen-bond acceptors (Lipinski definition) is 5. The van der Waals surface area contributed by atoms with Gasteiger partial charge in [-0.15, -0.1) is 0 Å². The molecule has 0 aromatic heterocycles. The number of carbonyl (C=O) groups is 1. The smallest absolute Gasteiger partial charge is 0.341 e. The van der Waals surface area contributed by atoms with E-state index in [-0.39, 0.29) is 0 Å². The SMILES string of the molecule is CCCCOCCOc1cc(N)ccc1C(=O)OCC. The quantitative estimate of drug-likeness (QED) is 0.428. The summed E-state index contributed by atoms with van der Waals surface area (Å²) in [5, 5.41) is 0. The van der Waals surface area contributed by atoms with E-state index in [4.69, 9.17) is 19.9 Å². The summed E-state index contributed by atoms with van der Waals surface area (Å²) in [6, 6.07) is 4.88. The van der Waals surface area contributed by atoms with Crippen molar-refractivity contribution < 1.29 is 19.0 Å². The van der Waals surface area contributed by atoms with Crippen molar-refractivity contribution in [3.8, 4) is 5.75 Å². The summed E-state index contributed by atoms with van der Waals surface area (Å²) in [6.45, 7) is 5.77. The van der Waals surface area contributed by atoms with E-state index in [1.165, 1.54) is 0 Å². The van der Waals surface area contributed by atoms with Gasteiger partial charge in [0.05, 0.1) is 13.2 Å². The average molecular weight is 281 g/mol. The third-order valence-electron chi connectivity index (χ3n) is 2.63. The molecule has 0 heterocycles. The Kier molecular flexibility index (Phi) is 7.50. The van der Waals surface area contributed by atoms with Gasteiger partial charge in [-0.3, -0.25) is 0 Å². The van der Waals surface area contributed by atoms with Crippen LogP contribution in [0.25, 0.3) is 0 Å². The minimum Gasteiger partial charge on any atom is -0.490 e. The highest BCUT2D eigenvalue weighted by atomic mass is 16.5. The van der Waals surface area contributed by atoms with Crippen LogP contribution in [0.4, 0.5) is 5.69 Å². The van der Waals surface area contributed by atoms with E-state index in [9.17, 15) is 4.79 Å². The number of anilines is 1. The predicted molar refractivity (Wildman–Crippen MR) is 78.0 cm³/mol. The molecule has 0 aliphatic heterocycles. The molecule has 0 amide bonds. The molecule has 0 spiro atoms. The van der Waals surface area contributed by atoms with E-state index in [1.54, 1.807) is 25.1 Å². The van der Waals surface area contributed by atoms with Crippen molar-refractivity contribution in [3.05, 3.63) is 23.8 Å². The van der Waals surface area contributed by atoms with Crippen molar-refractivity contribution in [3.63, 3.8) is 0 Å². The first kappa shape index (κ1) is 16.3. The lowest BCUT2D eigenvalue weighted by Crippen LogP contribution is -2.12. The molecular formula is C15H23NO4. The topological polar surface area (TPSA) is 70.8 Å². The predicted octanol–water partition coefficient (Wildman–Crippen LogP) is 2.64. The van der Waals surface area contributed by atoms with Gasteiger partial charge in [0, 0.05) is 18.4 Å². The molecule has 0 radical (unpaired) electrons. The van der Waals surface area contributed by atoms with Crippen LogP contribution in [0, 0.1) is 0 Å². The Morgan fingerprint density at radius 2 is 2.00 bits per heavy atom. The van der Waals surface area contributed by atoms with Crippen LogP contribution in [0.15, 0.2) is 18.2 Å². The molecule has 0 bridgehead atoms. The van der Waals surface area contributed by atoms with Crippen molar-refractivity contribution in [2.75, 3.05) is 32.2 Å². The lowest BCUT2D eigenvalue weighted by Gasteiger charge is -2.11. The van der Waals surface area contributed by atoms with Gasteiger partial charge in [0.25, 0.3) is 0 Å². The third-order valence-corrected chi connectivity index (χ3v) is 2.63. The molecule has 0 aliphatic carbocycles. The van der Waals surface area contributed by atoms with Gasteiger partial charge in [-0.2, -0.15) is 0 Å². The highest BCUT2D eigenvalue weighted by Gasteiger charge is 2.13. The zero-order valence-electron chi connectivity index (χ0n) is 12.2. The minimum atomic E-state index is -0.408. The molecule has 0 unspecified atom stereocenters. The summed E-state index contributed by atoms with van der Waals surface area (Å²) in [5.74, 6) is 0.0249. The lowest BCUT2D eigenvalue weighted by atomic mass is 10.2. The van der Waals surface area contributed by atoms with Gasteiger partial charge in [0.1, 0.15) is 17.9 Å². The van der Waals surface area contributed by atoms with Crippen LogP contribution in [0.1, 0.15) is 37.0 Å². The summed E-state index contributed by atoms with van der Waals surface area (Å²) < 4.78 is 15.9. The largest absolute Gasteiger partial charge is 0.490 e. The highest BCUT2D eigenvalue weighted by Crippen LogP contribution is 2.22.